The van der Waals surface area contributed by atoms with Crippen LogP contribution in [0.1, 0.15) is 6.42 Å². The second kappa shape index (κ2) is 1.96. The molecule has 1 aliphatic heterocycles. The minimum Gasteiger partial charge on any atom is -0.481 e. The van der Waals surface area contributed by atoms with Gasteiger partial charge in [0, 0.05) is 12.5 Å². The van der Waals surface area contributed by atoms with Gasteiger partial charge >= 0.3 is 5.97 Å². The molecule has 2 N–H and O–H groups in total. The minimum atomic E-state index is -3.00. The number of piperidine rings is 1. The van der Waals surface area contributed by atoms with Gasteiger partial charge in [-0.05, 0) is 13.0 Å². The van der Waals surface area contributed by atoms with Crippen molar-refractivity contribution in [1.82, 2.24) is 5.32 Å². The average Bonchev–Trinajstić information content (AvgIpc) is 2.52. The largest absolute Gasteiger partial charge is 0.481 e. The average molecular weight is 177 g/mol. The van der Waals surface area contributed by atoms with Gasteiger partial charge in [0.25, 0.3) is 5.92 Å². The standard InChI is InChI=1S/C7H9F2NO2/c8-7(9)4-1-2-10-3-6(4,7)5(11)12/h4,10H,1-3H2,(H,11,12)/t4-,6-/m1/s1. The van der Waals surface area contributed by atoms with E-state index in [0.717, 1.165) is 0 Å². The van der Waals surface area contributed by atoms with Gasteiger partial charge in [-0.2, -0.15) is 0 Å². The second-order valence-corrected chi connectivity index (χ2v) is 3.42. The first-order chi connectivity index (χ1) is 5.53. The van der Waals surface area contributed by atoms with E-state index in [-0.39, 0.29) is 13.0 Å². The summed E-state index contributed by atoms with van der Waals surface area (Å²) in [4.78, 5) is 10.6. The third-order valence-electron chi connectivity index (χ3n) is 2.94. The van der Waals surface area contributed by atoms with Gasteiger partial charge in [-0.1, -0.05) is 0 Å². The Labute approximate surface area is 67.8 Å². The maximum absolute atomic E-state index is 13.0. The van der Waals surface area contributed by atoms with Crippen molar-refractivity contribution in [3.63, 3.8) is 0 Å². The first-order valence-corrected chi connectivity index (χ1v) is 3.85. The summed E-state index contributed by atoms with van der Waals surface area (Å²) in [5, 5.41) is 11.3. The Morgan fingerprint density at radius 1 is 1.58 bits per heavy atom. The number of rotatable bonds is 1. The molecule has 1 saturated heterocycles. The molecule has 2 aliphatic rings. The Hall–Kier alpha value is -0.710. The normalized spacial score (nSPS) is 43.3. The Kier molecular flexibility index (Phi) is 1.29. The van der Waals surface area contributed by atoms with Crippen LogP contribution in [0.5, 0.6) is 0 Å². The highest BCUT2D eigenvalue weighted by Gasteiger charge is 2.85. The van der Waals surface area contributed by atoms with E-state index >= 15 is 0 Å². The summed E-state index contributed by atoms with van der Waals surface area (Å²) in [7, 11) is 0. The number of alkyl halides is 2. The van der Waals surface area contributed by atoms with Crippen LogP contribution in [0.2, 0.25) is 0 Å². The van der Waals surface area contributed by atoms with E-state index in [1.54, 1.807) is 0 Å². The molecule has 0 unspecified atom stereocenters. The number of hydrogen-bond donors (Lipinski definition) is 2. The summed E-state index contributed by atoms with van der Waals surface area (Å²) in [6.07, 6.45) is 0.263. The molecule has 0 aromatic carbocycles. The van der Waals surface area contributed by atoms with Crippen molar-refractivity contribution < 1.29 is 18.7 Å². The predicted octanol–water partition coefficient (Wildman–Crippen LogP) is 0.316. The van der Waals surface area contributed by atoms with Crippen LogP contribution in [0.25, 0.3) is 0 Å². The molecule has 0 radical (unpaired) electrons. The van der Waals surface area contributed by atoms with E-state index in [2.05, 4.69) is 5.32 Å². The lowest BCUT2D eigenvalue weighted by molar-refractivity contribution is -0.147. The van der Waals surface area contributed by atoms with Crippen LogP contribution in [0.3, 0.4) is 0 Å². The van der Waals surface area contributed by atoms with E-state index in [4.69, 9.17) is 5.11 Å². The highest BCUT2D eigenvalue weighted by Crippen LogP contribution is 2.68. The Morgan fingerprint density at radius 3 is 2.67 bits per heavy atom. The van der Waals surface area contributed by atoms with Gasteiger partial charge in [0.15, 0.2) is 5.41 Å². The van der Waals surface area contributed by atoms with Crippen molar-refractivity contribution in [3.8, 4) is 0 Å². The molecule has 5 heteroatoms. The third kappa shape index (κ3) is 0.612. The van der Waals surface area contributed by atoms with Gasteiger partial charge in [-0.3, -0.25) is 4.79 Å². The molecule has 1 saturated carbocycles. The summed E-state index contributed by atoms with van der Waals surface area (Å²) in [5.74, 6) is -5.31. The van der Waals surface area contributed by atoms with Crippen LogP contribution in [0.15, 0.2) is 0 Å². The summed E-state index contributed by atoms with van der Waals surface area (Å²) in [5.41, 5.74) is -1.79. The summed E-state index contributed by atoms with van der Waals surface area (Å²) in [6, 6.07) is 0. The van der Waals surface area contributed by atoms with E-state index in [1.807, 2.05) is 0 Å². The fourth-order valence-corrected chi connectivity index (χ4v) is 2.10. The topological polar surface area (TPSA) is 49.3 Å². The minimum absolute atomic E-state index is 0.0972. The van der Waals surface area contributed by atoms with Crippen molar-refractivity contribution in [1.29, 1.82) is 0 Å². The molecule has 0 aromatic heterocycles. The molecule has 1 heterocycles. The van der Waals surface area contributed by atoms with Crippen LogP contribution >= 0.6 is 0 Å². The van der Waals surface area contributed by atoms with Crippen LogP contribution in [-0.2, 0) is 4.79 Å². The lowest BCUT2D eigenvalue weighted by Gasteiger charge is -2.16. The van der Waals surface area contributed by atoms with Crippen LogP contribution < -0.4 is 5.32 Å². The Balaban J connectivity index is 2.30. The van der Waals surface area contributed by atoms with Crippen LogP contribution in [0.4, 0.5) is 8.78 Å². The van der Waals surface area contributed by atoms with Crippen LogP contribution in [-0.4, -0.2) is 30.1 Å². The fraction of sp³-hybridized carbons (Fsp3) is 0.857. The number of fused-ring (bicyclic) bond motifs is 1. The smallest absolute Gasteiger partial charge is 0.317 e. The molecular weight excluding hydrogens is 168 g/mol. The monoisotopic (exact) mass is 177 g/mol. The maximum Gasteiger partial charge on any atom is 0.317 e. The highest BCUT2D eigenvalue weighted by molar-refractivity contribution is 5.82. The van der Waals surface area contributed by atoms with Gasteiger partial charge in [-0.15, -0.1) is 0 Å². The first-order valence-electron chi connectivity index (χ1n) is 3.85. The van der Waals surface area contributed by atoms with Crippen molar-refractivity contribution in [2.45, 2.75) is 12.3 Å². The molecule has 2 fully saturated rings. The van der Waals surface area contributed by atoms with Gasteiger partial charge in [-0.25, -0.2) is 8.78 Å². The number of carbonyl (C=O) groups is 1. The Morgan fingerprint density at radius 2 is 2.25 bits per heavy atom. The molecular formula is C7H9F2NO2. The zero-order valence-corrected chi connectivity index (χ0v) is 6.31. The van der Waals surface area contributed by atoms with Gasteiger partial charge in [0.1, 0.15) is 0 Å². The molecule has 12 heavy (non-hydrogen) atoms. The van der Waals surface area contributed by atoms with E-state index in [9.17, 15) is 13.6 Å². The molecule has 0 amide bonds. The van der Waals surface area contributed by atoms with Gasteiger partial charge in [0.2, 0.25) is 0 Å². The summed E-state index contributed by atoms with van der Waals surface area (Å²) >= 11 is 0. The molecule has 0 spiro atoms. The summed E-state index contributed by atoms with van der Waals surface area (Å²) in [6.45, 7) is 0.398. The van der Waals surface area contributed by atoms with E-state index < -0.39 is 23.2 Å². The fourth-order valence-electron chi connectivity index (χ4n) is 2.10. The van der Waals surface area contributed by atoms with Crippen molar-refractivity contribution in [3.05, 3.63) is 0 Å². The SMILES string of the molecule is O=C(O)[C@@]12CNCC[C@H]1C2(F)F. The lowest BCUT2D eigenvalue weighted by Crippen LogP contribution is -2.38. The first kappa shape index (κ1) is 7.91. The van der Waals surface area contributed by atoms with Crippen LogP contribution in [0, 0.1) is 11.3 Å². The van der Waals surface area contributed by atoms with E-state index in [0.29, 0.717) is 6.54 Å². The quantitative estimate of drug-likeness (QED) is 0.606. The van der Waals surface area contributed by atoms with Crippen molar-refractivity contribution >= 4 is 5.97 Å². The molecule has 2 atom stereocenters. The van der Waals surface area contributed by atoms with E-state index in [1.165, 1.54) is 0 Å². The van der Waals surface area contributed by atoms with Gasteiger partial charge in [0.05, 0.1) is 0 Å². The van der Waals surface area contributed by atoms with Crippen molar-refractivity contribution in [2.24, 2.45) is 11.3 Å². The third-order valence-corrected chi connectivity index (χ3v) is 2.94. The number of carboxylic acid groups (broad SMARTS) is 1. The molecule has 2 rings (SSSR count). The second-order valence-electron chi connectivity index (χ2n) is 3.42. The highest BCUT2D eigenvalue weighted by atomic mass is 19.3. The number of halogens is 2. The molecule has 0 aromatic rings. The predicted molar refractivity (Wildman–Crippen MR) is 36.0 cm³/mol. The maximum atomic E-state index is 13.0. The molecule has 1 aliphatic carbocycles. The zero-order valence-electron chi connectivity index (χ0n) is 6.31. The summed E-state index contributed by atoms with van der Waals surface area (Å²) < 4.78 is 26.0. The molecule has 0 bridgehead atoms. The number of nitrogens with one attached hydrogen (secondary N) is 1. The van der Waals surface area contributed by atoms with Gasteiger partial charge < -0.3 is 10.4 Å². The number of carboxylic acids is 1. The molecule has 3 nitrogen and oxygen atoms in total. The zero-order chi connectivity index (χ0) is 8.98. The number of hydrogen-bond acceptors (Lipinski definition) is 2. The number of aliphatic carboxylic acids is 1. The lowest BCUT2D eigenvalue weighted by atomic mass is 9.99. The molecule has 68 valence electrons. The van der Waals surface area contributed by atoms with Crippen molar-refractivity contribution in [2.75, 3.05) is 13.1 Å². The Bertz CT molecular complexity index is 244.